The number of ether oxygens (including phenoxy) is 1. The first-order chi connectivity index (χ1) is 7.81. The monoisotopic (exact) mass is 226 g/mol. The molecule has 94 valence electrons. The Morgan fingerprint density at radius 3 is 2.56 bits per heavy atom. The van der Waals surface area contributed by atoms with Crippen LogP contribution in [0.4, 0.5) is 0 Å². The largest absolute Gasteiger partial charge is 0.383 e. The van der Waals surface area contributed by atoms with E-state index in [2.05, 4.69) is 17.1 Å². The number of methoxy groups -OCH3 is 1. The van der Waals surface area contributed by atoms with Crippen molar-refractivity contribution in [1.82, 2.24) is 10.2 Å². The van der Waals surface area contributed by atoms with Crippen LogP contribution in [-0.2, 0) is 4.74 Å². The van der Waals surface area contributed by atoms with Gasteiger partial charge in [0.25, 0.3) is 0 Å². The summed E-state index contributed by atoms with van der Waals surface area (Å²) in [5.41, 5.74) is 0. The van der Waals surface area contributed by atoms with Crippen LogP contribution in [0.2, 0.25) is 0 Å². The number of rotatable bonds is 9. The Kier molecular flexibility index (Phi) is 4.62. The van der Waals surface area contributed by atoms with Gasteiger partial charge in [-0.2, -0.15) is 0 Å². The van der Waals surface area contributed by atoms with Crippen molar-refractivity contribution < 1.29 is 4.74 Å². The molecule has 0 aromatic heterocycles. The van der Waals surface area contributed by atoms with Gasteiger partial charge >= 0.3 is 0 Å². The topological polar surface area (TPSA) is 24.5 Å². The molecule has 0 spiro atoms. The molecular formula is C13H26N2O. The molecule has 0 amide bonds. The van der Waals surface area contributed by atoms with Gasteiger partial charge in [-0.15, -0.1) is 0 Å². The Balaban J connectivity index is 1.57. The Morgan fingerprint density at radius 2 is 2.00 bits per heavy atom. The van der Waals surface area contributed by atoms with E-state index in [1.165, 1.54) is 32.2 Å². The molecule has 3 nitrogen and oxygen atoms in total. The Labute approximate surface area is 99.5 Å². The molecule has 1 unspecified atom stereocenters. The summed E-state index contributed by atoms with van der Waals surface area (Å²) in [5.74, 6) is 0.966. The molecule has 2 rings (SSSR count). The van der Waals surface area contributed by atoms with Crippen LogP contribution in [0.1, 0.15) is 32.6 Å². The molecule has 3 heteroatoms. The third kappa shape index (κ3) is 4.04. The van der Waals surface area contributed by atoms with Crippen LogP contribution in [-0.4, -0.2) is 50.3 Å². The molecular weight excluding hydrogens is 200 g/mol. The predicted octanol–water partition coefficient (Wildman–Crippen LogP) is 1.49. The zero-order valence-corrected chi connectivity index (χ0v) is 10.7. The minimum absolute atomic E-state index is 0.725. The lowest BCUT2D eigenvalue weighted by Gasteiger charge is -2.23. The second-order valence-electron chi connectivity index (χ2n) is 5.34. The number of nitrogens with one attached hydrogen (secondary N) is 1. The molecule has 2 aliphatic rings. The second kappa shape index (κ2) is 5.99. The van der Waals surface area contributed by atoms with E-state index in [1.54, 1.807) is 7.11 Å². The fourth-order valence-corrected chi connectivity index (χ4v) is 2.32. The number of hydrogen-bond acceptors (Lipinski definition) is 3. The summed E-state index contributed by atoms with van der Waals surface area (Å²) in [6.07, 6.45) is 5.65. The maximum Gasteiger partial charge on any atom is 0.0589 e. The lowest BCUT2D eigenvalue weighted by atomic mass is 10.2. The first-order valence-electron chi connectivity index (χ1n) is 6.77. The maximum atomic E-state index is 5.16. The quantitative estimate of drug-likeness (QED) is 0.644. The van der Waals surface area contributed by atoms with Crippen molar-refractivity contribution in [2.45, 2.75) is 44.7 Å². The second-order valence-corrected chi connectivity index (χ2v) is 5.34. The van der Waals surface area contributed by atoms with Crippen molar-refractivity contribution in [1.29, 1.82) is 0 Å². The summed E-state index contributed by atoms with van der Waals surface area (Å²) in [5, 5.41) is 3.65. The highest BCUT2D eigenvalue weighted by molar-refractivity contribution is 4.86. The van der Waals surface area contributed by atoms with E-state index >= 15 is 0 Å². The lowest BCUT2D eigenvalue weighted by molar-refractivity contribution is 0.143. The molecule has 1 N–H and O–H groups in total. The Bertz CT molecular complexity index is 202. The summed E-state index contributed by atoms with van der Waals surface area (Å²) >= 11 is 0. The molecule has 0 aliphatic heterocycles. The van der Waals surface area contributed by atoms with Crippen LogP contribution < -0.4 is 5.32 Å². The van der Waals surface area contributed by atoms with E-state index < -0.39 is 0 Å². The maximum absolute atomic E-state index is 5.16. The summed E-state index contributed by atoms with van der Waals surface area (Å²) in [4.78, 5) is 2.58. The number of hydrogen-bond donors (Lipinski definition) is 1. The van der Waals surface area contributed by atoms with E-state index in [-0.39, 0.29) is 0 Å². The van der Waals surface area contributed by atoms with Crippen molar-refractivity contribution in [3.05, 3.63) is 0 Å². The van der Waals surface area contributed by atoms with Gasteiger partial charge in [-0.1, -0.05) is 0 Å². The van der Waals surface area contributed by atoms with Gasteiger partial charge in [0.15, 0.2) is 0 Å². The minimum Gasteiger partial charge on any atom is -0.383 e. The van der Waals surface area contributed by atoms with E-state index in [4.69, 9.17) is 4.74 Å². The third-order valence-electron chi connectivity index (χ3n) is 3.84. The SMILES string of the molecule is COCCN(CCNC(C)C1CC1)C1CC1. The molecule has 0 bridgehead atoms. The van der Waals surface area contributed by atoms with E-state index in [0.717, 1.165) is 37.7 Å². The third-order valence-corrected chi connectivity index (χ3v) is 3.84. The van der Waals surface area contributed by atoms with Crippen LogP contribution in [0.25, 0.3) is 0 Å². The first kappa shape index (κ1) is 12.3. The van der Waals surface area contributed by atoms with Gasteiger partial charge in [-0.25, -0.2) is 0 Å². The summed E-state index contributed by atoms with van der Waals surface area (Å²) < 4.78 is 5.16. The molecule has 2 aliphatic carbocycles. The zero-order chi connectivity index (χ0) is 11.4. The van der Waals surface area contributed by atoms with Crippen LogP contribution in [0.5, 0.6) is 0 Å². The molecule has 0 radical (unpaired) electrons. The van der Waals surface area contributed by atoms with Crippen LogP contribution in [0.15, 0.2) is 0 Å². The van der Waals surface area contributed by atoms with Gasteiger partial charge in [0.1, 0.15) is 0 Å². The zero-order valence-electron chi connectivity index (χ0n) is 10.7. The molecule has 0 aromatic carbocycles. The smallest absolute Gasteiger partial charge is 0.0589 e. The Morgan fingerprint density at radius 1 is 1.25 bits per heavy atom. The first-order valence-corrected chi connectivity index (χ1v) is 6.77. The fraction of sp³-hybridized carbons (Fsp3) is 1.00. The van der Waals surface area contributed by atoms with Crippen LogP contribution in [0, 0.1) is 5.92 Å². The minimum atomic E-state index is 0.725. The Hall–Kier alpha value is -0.120. The molecule has 0 saturated heterocycles. The van der Waals surface area contributed by atoms with Crippen LogP contribution >= 0.6 is 0 Å². The van der Waals surface area contributed by atoms with E-state index in [9.17, 15) is 0 Å². The van der Waals surface area contributed by atoms with Crippen LogP contribution in [0.3, 0.4) is 0 Å². The summed E-state index contributed by atoms with van der Waals surface area (Å²) in [7, 11) is 1.79. The van der Waals surface area contributed by atoms with E-state index in [0.29, 0.717) is 0 Å². The van der Waals surface area contributed by atoms with Crippen molar-refractivity contribution in [3.63, 3.8) is 0 Å². The van der Waals surface area contributed by atoms with Crippen molar-refractivity contribution in [2.24, 2.45) is 5.92 Å². The highest BCUT2D eigenvalue weighted by Gasteiger charge is 2.29. The predicted molar refractivity (Wildman–Crippen MR) is 66.7 cm³/mol. The molecule has 2 fully saturated rings. The molecule has 1 atom stereocenters. The highest BCUT2D eigenvalue weighted by Crippen LogP contribution is 2.32. The standard InChI is InChI=1S/C13H26N2O/c1-11(12-3-4-12)14-7-8-15(9-10-16-2)13-5-6-13/h11-14H,3-10H2,1-2H3. The molecule has 2 saturated carbocycles. The summed E-state index contributed by atoms with van der Waals surface area (Å²) in [6.45, 7) is 6.62. The molecule has 0 aromatic rings. The van der Waals surface area contributed by atoms with Gasteiger partial charge in [-0.3, -0.25) is 4.90 Å². The lowest BCUT2D eigenvalue weighted by Crippen LogP contribution is -2.39. The van der Waals surface area contributed by atoms with E-state index in [1.807, 2.05) is 0 Å². The highest BCUT2D eigenvalue weighted by atomic mass is 16.5. The fourth-order valence-electron chi connectivity index (χ4n) is 2.32. The normalized spacial score (nSPS) is 22.7. The summed E-state index contributed by atoms with van der Waals surface area (Å²) in [6, 6.07) is 1.58. The van der Waals surface area contributed by atoms with Gasteiger partial charge in [0.05, 0.1) is 6.61 Å². The van der Waals surface area contributed by atoms with Crippen molar-refractivity contribution in [2.75, 3.05) is 33.4 Å². The van der Waals surface area contributed by atoms with Gasteiger partial charge in [0, 0.05) is 38.8 Å². The van der Waals surface area contributed by atoms with Gasteiger partial charge < -0.3 is 10.1 Å². The number of nitrogens with zero attached hydrogens (tertiary/aromatic N) is 1. The van der Waals surface area contributed by atoms with Crippen molar-refractivity contribution in [3.8, 4) is 0 Å². The van der Waals surface area contributed by atoms with Gasteiger partial charge in [0.2, 0.25) is 0 Å². The average molecular weight is 226 g/mol. The molecule has 0 heterocycles. The van der Waals surface area contributed by atoms with Gasteiger partial charge in [-0.05, 0) is 38.5 Å². The molecule has 16 heavy (non-hydrogen) atoms. The van der Waals surface area contributed by atoms with Crippen molar-refractivity contribution >= 4 is 0 Å². The average Bonchev–Trinajstić information content (AvgIpc) is 3.15.